The zero-order valence-electron chi connectivity index (χ0n) is 13.8. The number of aryl methyl sites for hydroxylation is 1. The predicted octanol–water partition coefficient (Wildman–Crippen LogP) is 3.00. The standard InChI is InChI=1S/C14H26N2O4Si/c1-14(2,3)21(5,6)20-9-7-8-16-12(13(17)18)11(19-4)10-15-16/h10H,7-9H2,1-6H3,(H,17,18). The molecule has 0 unspecified atom stereocenters. The Morgan fingerprint density at radius 2 is 2.05 bits per heavy atom. The number of nitrogens with zero attached hydrogens (tertiary/aromatic N) is 2. The van der Waals surface area contributed by atoms with E-state index in [4.69, 9.17) is 9.16 Å². The number of rotatable bonds is 7. The van der Waals surface area contributed by atoms with Crippen molar-refractivity contribution in [1.82, 2.24) is 9.78 Å². The second kappa shape index (κ2) is 6.61. The van der Waals surface area contributed by atoms with E-state index in [-0.39, 0.29) is 16.5 Å². The van der Waals surface area contributed by atoms with Gasteiger partial charge in [-0.2, -0.15) is 5.10 Å². The topological polar surface area (TPSA) is 73.6 Å². The molecule has 0 aromatic carbocycles. The number of hydrogen-bond donors (Lipinski definition) is 1. The van der Waals surface area contributed by atoms with Crippen molar-refractivity contribution in [2.45, 2.75) is 51.9 Å². The number of aromatic nitrogens is 2. The number of aromatic carboxylic acids is 1. The fourth-order valence-electron chi connectivity index (χ4n) is 1.66. The second-order valence-corrected chi connectivity index (χ2v) is 11.4. The molecule has 0 spiro atoms. The molecule has 0 bridgehead atoms. The molecule has 1 aromatic heterocycles. The summed E-state index contributed by atoms with van der Waals surface area (Å²) in [5, 5.41) is 13.4. The van der Waals surface area contributed by atoms with Crippen LogP contribution in [0.2, 0.25) is 18.1 Å². The first kappa shape index (κ1) is 17.7. The lowest BCUT2D eigenvalue weighted by atomic mass is 10.2. The predicted molar refractivity (Wildman–Crippen MR) is 83.5 cm³/mol. The SMILES string of the molecule is COc1cnn(CCCO[Si](C)(C)C(C)(C)C)c1C(=O)O. The summed E-state index contributed by atoms with van der Waals surface area (Å²) >= 11 is 0. The lowest BCUT2D eigenvalue weighted by Gasteiger charge is -2.36. The molecular formula is C14H26N2O4Si. The van der Waals surface area contributed by atoms with Gasteiger partial charge in [0.05, 0.1) is 13.3 Å². The van der Waals surface area contributed by atoms with Gasteiger partial charge in [0.1, 0.15) is 0 Å². The maximum absolute atomic E-state index is 11.2. The Balaban J connectivity index is 2.58. The van der Waals surface area contributed by atoms with Crippen molar-refractivity contribution in [2.24, 2.45) is 0 Å². The third-order valence-corrected chi connectivity index (χ3v) is 8.55. The average molecular weight is 314 g/mol. The van der Waals surface area contributed by atoms with Crippen LogP contribution >= 0.6 is 0 Å². The largest absolute Gasteiger partial charge is 0.493 e. The molecule has 0 saturated heterocycles. The molecule has 0 fully saturated rings. The summed E-state index contributed by atoms with van der Waals surface area (Å²) in [6.45, 7) is 12.1. The van der Waals surface area contributed by atoms with E-state index in [1.165, 1.54) is 18.0 Å². The van der Waals surface area contributed by atoms with Crippen LogP contribution in [0.1, 0.15) is 37.7 Å². The van der Waals surface area contributed by atoms with Crippen LogP contribution in [0, 0.1) is 0 Å². The minimum absolute atomic E-state index is 0.0878. The van der Waals surface area contributed by atoms with E-state index in [0.29, 0.717) is 13.2 Å². The fourth-order valence-corrected chi connectivity index (χ4v) is 2.75. The van der Waals surface area contributed by atoms with Crippen LogP contribution < -0.4 is 4.74 Å². The Morgan fingerprint density at radius 1 is 1.43 bits per heavy atom. The molecule has 0 aliphatic carbocycles. The Kier molecular flexibility index (Phi) is 5.58. The van der Waals surface area contributed by atoms with Crippen LogP contribution in [0.15, 0.2) is 6.20 Å². The van der Waals surface area contributed by atoms with E-state index in [1.54, 1.807) is 0 Å². The molecule has 1 heterocycles. The van der Waals surface area contributed by atoms with Crippen molar-refractivity contribution < 1.29 is 19.1 Å². The summed E-state index contributed by atoms with van der Waals surface area (Å²) < 4.78 is 12.5. The molecule has 120 valence electrons. The van der Waals surface area contributed by atoms with Gasteiger partial charge in [0.15, 0.2) is 19.8 Å². The summed E-state index contributed by atoms with van der Waals surface area (Å²) in [6.07, 6.45) is 2.15. The zero-order valence-corrected chi connectivity index (χ0v) is 14.8. The minimum atomic E-state index is -1.75. The molecule has 6 nitrogen and oxygen atoms in total. The number of hydrogen-bond acceptors (Lipinski definition) is 4. The average Bonchev–Trinajstić information content (AvgIpc) is 2.76. The molecule has 0 aliphatic rings. The Morgan fingerprint density at radius 3 is 2.52 bits per heavy atom. The summed E-state index contributed by atoms with van der Waals surface area (Å²) in [5.41, 5.74) is 0.0878. The van der Waals surface area contributed by atoms with Crippen LogP contribution in [0.5, 0.6) is 5.75 Å². The summed E-state index contributed by atoms with van der Waals surface area (Å²) in [6, 6.07) is 0. The van der Waals surface area contributed by atoms with Gasteiger partial charge in [-0.3, -0.25) is 4.68 Å². The monoisotopic (exact) mass is 314 g/mol. The van der Waals surface area contributed by atoms with Crippen LogP contribution in [0.3, 0.4) is 0 Å². The van der Waals surface area contributed by atoms with Gasteiger partial charge in [0.2, 0.25) is 0 Å². The Hall–Kier alpha value is -1.34. The third-order valence-electron chi connectivity index (χ3n) is 4.01. The maximum atomic E-state index is 11.2. The van der Waals surface area contributed by atoms with Gasteiger partial charge in [0, 0.05) is 13.2 Å². The van der Waals surface area contributed by atoms with Crippen molar-refractivity contribution in [3.05, 3.63) is 11.9 Å². The molecular weight excluding hydrogens is 288 g/mol. The lowest BCUT2D eigenvalue weighted by Crippen LogP contribution is -2.41. The van der Waals surface area contributed by atoms with E-state index in [0.717, 1.165) is 6.42 Å². The van der Waals surface area contributed by atoms with Gasteiger partial charge in [-0.25, -0.2) is 4.79 Å². The summed E-state index contributed by atoms with van der Waals surface area (Å²) in [4.78, 5) is 11.2. The van der Waals surface area contributed by atoms with E-state index in [9.17, 15) is 9.90 Å². The summed E-state index contributed by atoms with van der Waals surface area (Å²) in [5.74, 6) is -0.748. The first-order chi connectivity index (χ1) is 9.60. The van der Waals surface area contributed by atoms with Crippen molar-refractivity contribution in [1.29, 1.82) is 0 Å². The van der Waals surface area contributed by atoms with E-state index in [2.05, 4.69) is 39.0 Å². The second-order valence-electron chi connectivity index (χ2n) is 6.55. The molecule has 0 saturated carbocycles. The molecule has 21 heavy (non-hydrogen) atoms. The van der Waals surface area contributed by atoms with Crippen molar-refractivity contribution in [3.63, 3.8) is 0 Å². The van der Waals surface area contributed by atoms with E-state index in [1.807, 2.05) is 0 Å². The molecule has 7 heteroatoms. The van der Waals surface area contributed by atoms with Gasteiger partial charge in [-0.05, 0) is 24.6 Å². The van der Waals surface area contributed by atoms with Crippen LogP contribution in [0.4, 0.5) is 0 Å². The summed E-state index contributed by atoms with van der Waals surface area (Å²) in [7, 11) is -0.312. The number of methoxy groups -OCH3 is 1. The highest BCUT2D eigenvalue weighted by molar-refractivity contribution is 6.74. The molecule has 1 aromatic rings. The highest BCUT2D eigenvalue weighted by Gasteiger charge is 2.36. The fraction of sp³-hybridized carbons (Fsp3) is 0.714. The quantitative estimate of drug-likeness (QED) is 0.618. The lowest BCUT2D eigenvalue weighted by molar-refractivity contribution is 0.0678. The first-order valence-corrected chi connectivity index (χ1v) is 9.98. The van der Waals surface area contributed by atoms with Crippen molar-refractivity contribution >= 4 is 14.3 Å². The van der Waals surface area contributed by atoms with Gasteiger partial charge in [-0.15, -0.1) is 0 Å². The van der Waals surface area contributed by atoms with E-state index < -0.39 is 14.3 Å². The Labute approximate surface area is 127 Å². The third kappa shape index (κ3) is 4.31. The number of carbonyl (C=O) groups is 1. The Bertz CT molecular complexity index is 492. The first-order valence-electron chi connectivity index (χ1n) is 7.07. The van der Waals surface area contributed by atoms with Gasteiger partial charge >= 0.3 is 5.97 Å². The van der Waals surface area contributed by atoms with Crippen LogP contribution in [-0.4, -0.2) is 42.9 Å². The van der Waals surface area contributed by atoms with Gasteiger partial charge in [-0.1, -0.05) is 20.8 Å². The smallest absolute Gasteiger partial charge is 0.358 e. The van der Waals surface area contributed by atoms with Crippen LogP contribution in [0.25, 0.3) is 0 Å². The highest BCUT2D eigenvalue weighted by atomic mass is 28.4. The molecule has 1 N–H and O–H groups in total. The van der Waals surface area contributed by atoms with Crippen LogP contribution in [-0.2, 0) is 11.0 Å². The maximum Gasteiger partial charge on any atom is 0.358 e. The van der Waals surface area contributed by atoms with E-state index >= 15 is 0 Å². The zero-order chi connectivity index (χ0) is 16.3. The normalized spacial score (nSPS) is 12.5. The molecule has 0 amide bonds. The number of ether oxygens (including phenoxy) is 1. The van der Waals surface area contributed by atoms with Gasteiger partial charge in [0.25, 0.3) is 0 Å². The minimum Gasteiger partial charge on any atom is -0.493 e. The molecule has 0 aliphatic heterocycles. The number of carboxylic acids is 1. The van der Waals surface area contributed by atoms with Crippen molar-refractivity contribution in [3.8, 4) is 5.75 Å². The molecule has 1 rings (SSSR count). The van der Waals surface area contributed by atoms with Gasteiger partial charge < -0.3 is 14.3 Å². The van der Waals surface area contributed by atoms with Crippen molar-refractivity contribution in [2.75, 3.05) is 13.7 Å². The highest BCUT2D eigenvalue weighted by Crippen LogP contribution is 2.36. The molecule has 0 atom stereocenters. The molecule has 0 radical (unpaired) electrons. The number of carboxylic acid groups (broad SMARTS) is 1.